The molecule has 332 valence electrons. The Kier molecular flexibility index (Phi) is 24.5. The maximum atomic E-state index is 14.1. The van der Waals surface area contributed by atoms with Gasteiger partial charge in [0.05, 0.1) is 6.04 Å². The van der Waals surface area contributed by atoms with E-state index in [4.69, 9.17) is 40.1 Å². The minimum atomic E-state index is -1.21. The summed E-state index contributed by atoms with van der Waals surface area (Å²) in [6.45, 7) is 8.09. The Labute approximate surface area is 347 Å². The van der Waals surface area contributed by atoms with Gasteiger partial charge in [-0.1, -0.05) is 70.9 Å². The molecule has 0 aliphatic carbocycles. The lowest BCUT2D eigenvalue weighted by Crippen LogP contribution is -2.60. The molecule has 1 aromatic carbocycles. The van der Waals surface area contributed by atoms with Crippen molar-refractivity contribution in [1.82, 2.24) is 26.6 Å². The highest BCUT2D eigenvalue weighted by atomic mass is 16.2. The maximum Gasteiger partial charge on any atom is 0.243 e. The third-order valence-electron chi connectivity index (χ3n) is 9.54. The fourth-order valence-corrected chi connectivity index (χ4v) is 6.00. The van der Waals surface area contributed by atoms with E-state index in [9.17, 15) is 28.8 Å². The summed E-state index contributed by atoms with van der Waals surface area (Å²) in [7, 11) is 0. The highest BCUT2D eigenvalue weighted by Gasteiger charge is 2.34. The lowest BCUT2D eigenvalue weighted by atomic mass is 9.95. The molecular formula is C39H70N14O6. The lowest BCUT2D eigenvalue weighted by Gasteiger charge is -2.29. The van der Waals surface area contributed by atoms with Crippen molar-refractivity contribution in [1.29, 1.82) is 0 Å². The zero-order valence-corrected chi connectivity index (χ0v) is 35.1. The van der Waals surface area contributed by atoms with Crippen molar-refractivity contribution in [3.8, 4) is 0 Å². The maximum absolute atomic E-state index is 14.1. The van der Waals surface area contributed by atoms with Crippen molar-refractivity contribution >= 4 is 47.4 Å². The van der Waals surface area contributed by atoms with E-state index in [2.05, 4.69) is 36.6 Å². The number of nitrogens with one attached hydrogen (secondary N) is 5. The van der Waals surface area contributed by atoms with Crippen LogP contribution >= 0.6 is 0 Å². The van der Waals surface area contributed by atoms with Crippen molar-refractivity contribution in [2.45, 2.75) is 128 Å². The summed E-state index contributed by atoms with van der Waals surface area (Å²) < 4.78 is 0. The topological polar surface area (TPSA) is 369 Å². The van der Waals surface area contributed by atoms with Crippen LogP contribution in [-0.2, 0) is 35.2 Å². The van der Waals surface area contributed by atoms with Crippen LogP contribution in [0.1, 0.15) is 91.0 Å². The van der Waals surface area contributed by atoms with Gasteiger partial charge in [0.15, 0.2) is 11.9 Å². The summed E-state index contributed by atoms with van der Waals surface area (Å²) >= 11 is 0. The van der Waals surface area contributed by atoms with Crippen LogP contribution in [0.15, 0.2) is 40.3 Å². The third kappa shape index (κ3) is 21.2. The first-order valence-corrected chi connectivity index (χ1v) is 20.3. The van der Waals surface area contributed by atoms with Gasteiger partial charge in [-0.2, -0.15) is 0 Å². The molecule has 0 saturated carbocycles. The van der Waals surface area contributed by atoms with Crippen LogP contribution in [0.5, 0.6) is 0 Å². The number of benzene rings is 1. The van der Waals surface area contributed by atoms with Gasteiger partial charge in [0.1, 0.15) is 30.2 Å². The number of hydrogen-bond acceptors (Lipinski definition) is 10. The molecule has 0 fully saturated rings. The second kappa shape index (κ2) is 28.0. The lowest BCUT2D eigenvalue weighted by molar-refractivity contribution is -0.136. The molecular weight excluding hydrogens is 761 g/mol. The molecule has 0 aliphatic heterocycles. The first kappa shape index (κ1) is 51.5. The molecule has 20 heteroatoms. The number of rotatable bonds is 29. The first-order chi connectivity index (χ1) is 27.9. The minimum absolute atomic E-state index is 0.0471. The van der Waals surface area contributed by atoms with E-state index >= 15 is 0 Å². The summed E-state index contributed by atoms with van der Waals surface area (Å²) in [6.07, 6.45) is 3.14. The Morgan fingerprint density at radius 3 is 1.58 bits per heavy atom. The molecule has 7 atom stereocenters. The molecule has 0 bridgehead atoms. The van der Waals surface area contributed by atoms with E-state index in [-0.39, 0.29) is 68.9 Å². The number of hydrogen-bond donors (Lipinski definition) is 12. The van der Waals surface area contributed by atoms with Crippen LogP contribution in [0.2, 0.25) is 0 Å². The van der Waals surface area contributed by atoms with Crippen LogP contribution in [0.3, 0.4) is 0 Å². The highest BCUT2D eigenvalue weighted by Crippen LogP contribution is 2.13. The van der Waals surface area contributed by atoms with Crippen molar-refractivity contribution in [3.05, 3.63) is 35.9 Å². The van der Waals surface area contributed by atoms with E-state index in [1.807, 2.05) is 26.8 Å². The molecule has 1 aromatic rings. The van der Waals surface area contributed by atoms with Crippen molar-refractivity contribution in [3.63, 3.8) is 0 Å². The molecule has 0 aromatic heterocycles. The Morgan fingerprint density at radius 2 is 1.10 bits per heavy atom. The van der Waals surface area contributed by atoms with Gasteiger partial charge < -0.3 is 66.7 Å². The zero-order valence-electron chi connectivity index (χ0n) is 35.1. The van der Waals surface area contributed by atoms with E-state index in [0.29, 0.717) is 38.6 Å². The fourth-order valence-electron chi connectivity index (χ4n) is 6.00. The molecule has 0 saturated heterocycles. The van der Waals surface area contributed by atoms with Gasteiger partial charge in [-0.3, -0.25) is 38.8 Å². The Bertz CT molecular complexity index is 1530. The van der Waals surface area contributed by atoms with E-state index in [1.165, 1.54) is 0 Å². The Balaban J connectivity index is 3.37. The van der Waals surface area contributed by atoms with E-state index in [1.54, 1.807) is 31.2 Å². The number of unbranched alkanes of at least 4 members (excludes halogenated alkanes) is 1. The summed E-state index contributed by atoms with van der Waals surface area (Å²) in [6, 6.07) is 2.52. The molecule has 59 heavy (non-hydrogen) atoms. The van der Waals surface area contributed by atoms with E-state index < -0.39 is 71.7 Å². The van der Waals surface area contributed by atoms with Crippen LogP contribution in [0.25, 0.3) is 0 Å². The largest absolute Gasteiger partial charge is 0.370 e. The number of amides is 6. The molecule has 0 spiro atoms. The monoisotopic (exact) mass is 831 g/mol. The fraction of sp³-hybridized carbons (Fsp3) is 0.641. The van der Waals surface area contributed by atoms with Gasteiger partial charge >= 0.3 is 0 Å². The van der Waals surface area contributed by atoms with Crippen LogP contribution in [-0.4, -0.2) is 103 Å². The highest BCUT2D eigenvalue weighted by molar-refractivity contribution is 5.96. The predicted molar refractivity (Wildman–Crippen MR) is 229 cm³/mol. The molecule has 20 nitrogen and oxygen atoms in total. The smallest absolute Gasteiger partial charge is 0.243 e. The predicted octanol–water partition coefficient (Wildman–Crippen LogP) is -2.21. The first-order valence-electron chi connectivity index (χ1n) is 20.3. The summed E-state index contributed by atoms with van der Waals surface area (Å²) in [4.78, 5) is 89.0. The number of guanidine groups is 2. The SMILES string of the molecule is CC[C@H](C)[C@H](NC(=O)[C@H](CC(C)C)NC(=O)[C@H](CCCN=C(N)N)NC(=O)[C@H](CCCN=C(N)N)NC(=O)[C@@H](N)CCCCN)C(=O)N[C@@H](Cc1ccccc1)C(N)=O. The molecule has 0 aliphatic rings. The second-order valence-corrected chi connectivity index (χ2v) is 15.1. The Morgan fingerprint density at radius 1 is 0.610 bits per heavy atom. The quantitative estimate of drug-likeness (QED) is 0.0232. The molecule has 6 amide bonds. The summed E-state index contributed by atoms with van der Waals surface area (Å²) in [5, 5.41) is 13.7. The van der Waals surface area contributed by atoms with Crippen molar-refractivity contribution in [2.24, 2.45) is 62.0 Å². The van der Waals surface area contributed by atoms with Crippen LogP contribution in [0, 0.1) is 11.8 Å². The van der Waals surface area contributed by atoms with Gasteiger partial charge in [0.2, 0.25) is 35.4 Å². The molecule has 0 unspecified atom stereocenters. The molecule has 19 N–H and O–H groups in total. The Hall–Kier alpha value is -5.50. The second-order valence-electron chi connectivity index (χ2n) is 15.1. The van der Waals surface area contributed by atoms with Gasteiger partial charge in [0, 0.05) is 19.5 Å². The number of nitrogens with zero attached hydrogens (tertiary/aromatic N) is 2. The standard InChI is InChI=1S/C39H70N14O6/c1-5-24(4)31(37(59)51-29(32(42)54)22-25-13-7-6-8-14-25)53-36(58)30(21-23(2)3)52-35(57)28(17-12-20-48-39(45)46)50-34(56)27(16-11-19-47-38(43)44)49-33(55)26(41)15-9-10-18-40/h6-8,13-14,23-24,26-31H,5,9-12,15-22,40-41H2,1-4H3,(H2,42,54)(H,49,55)(H,50,56)(H,51,59)(H,52,57)(H,53,58)(H4,43,44,47)(H4,45,46,48)/t24-,26-,27-,28-,29-,30-,31-/m0/s1. The zero-order chi connectivity index (χ0) is 44.5. The van der Waals surface area contributed by atoms with Gasteiger partial charge in [-0.15, -0.1) is 0 Å². The van der Waals surface area contributed by atoms with Gasteiger partial charge in [-0.05, 0) is 68.9 Å². The number of carbonyl (C=O) groups excluding carboxylic acids is 6. The number of aliphatic imine (C=N–C) groups is 2. The molecule has 1 rings (SSSR count). The summed E-state index contributed by atoms with van der Waals surface area (Å²) in [5.74, 6) is -4.71. The summed E-state index contributed by atoms with van der Waals surface area (Å²) in [5.41, 5.74) is 40.0. The average Bonchev–Trinajstić information content (AvgIpc) is 3.17. The molecule has 0 radical (unpaired) electrons. The van der Waals surface area contributed by atoms with Crippen molar-refractivity contribution < 1.29 is 28.8 Å². The van der Waals surface area contributed by atoms with Crippen molar-refractivity contribution in [2.75, 3.05) is 19.6 Å². The minimum Gasteiger partial charge on any atom is -0.370 e. The molecule has 0 heterocycles. The third-order valence-corrected chi connectivity index (χ3v) is 9.54. The van der Waals surface area contributed by atoms with Gasteiger partial charge in [0.25, 0.3) is 0 Å². The van der Waals surface area contributed by atoms with Crippen LogP contribution in [0.4, 0.5) is 0 Å². The van der Waals surface area contributed by atoms with Gasteiger partial charge in [-0.25, -0.2) is 0 Å². The average molecular weight is 831 g/mol. The number of carbonyl (C=O) groups is 6. The van der Waals surface area contributed by atoms with E-state index in [0.717, 1.165) is 5.56 Å². The number of primary amides is 1. The van der Waals surface area contributed by atoms with Crippen LogP contribution < -0.4 is 66.7 Å². The number of nitrogens with two attached hydrogens (primary N) is 7. The normalized spacial score (nSPS) is 14.6.